The van der Waals surface area contributed by atoms with E-state index in [0.29, 0.717) is 12.0 Å². The molecule has 4 heteroatoms. The number of rotatable bonds is 5. The van der Waals surface area contributed by atoms with Gasteiger partial charge in [-0.1, -0.05) is 79.9 Å². The summed E-state index contributed by atoms with van der Waals surface area (Å²) in [4.78, 5) is 0. The lowest BCUT2D eigenvalue weighted by Gasteiger charge is -2.32. The zero-order valence-electron chi connectivity index (χ0n) is 11.7. The molecule has 0 saturated heterocycles. The first kappa shape index (κ1) is 17.0. The van der Waals surface area contributed by atoms with Gasteiger partial charge in [-0.3, -0.25) is 0 Å². The third kappa shape index (κ3) is 3.52. The van der Waals surface area contributed by atoms with Crippen molar-refractivity contribution >= 4 is 43.5 Å². The molecule has 2 aromatic rings. The second-order valence-corrected chi connectivity index (χ2v) is 6.78. The van der Waals surface area contributed by atoms with Gasteiger partial charge in [0.1, 0.15) is 5.82 Å². The molecule has 0 nitrogen and oxygen atoms in total. The number of alkyl halides is 2. The quantitative estimate of drug-likeness (QED) is 0.502. The smallest absolute Gasteiger partial charge is 0.145 e. The lowest BCUT2D eigenvalue weighted by Crippen LogP contribution is -2.34. The highest BCUT2D eigenvalue weighted by molar-refractivity contribution is 9.09. The van der Waals surface area contributed by atoms with Gasteiger partial charge in [-0.25, -0.2) is 4.39 Å². The Bertz CT molecular complexity index is 624. The Hall–Kier alpha value is -0.380. The summed E-state index contributed by atoms with van der Waals surface area (Å²) in [5.74, 6) is -0.320. The summed E-state index contributed by atoms with van der Waals surface area (Å²) in [6.45, 7) is 2.09. The van der Waals surface area contributed by atoms with Gasteiger partial charge < -0.3 is 0 Å². The molecule has 112 valence electrons. The van der Waals surface area contributed by atoms with Gasteiger partial charge in [0.25, 0.3) is 0 Å². The van der Waals surface area contributed by atoms with Crippen LogP contribution in [0.3, 0.4) is 0 Å². The zero-order chi connectivity index (χ0) is 15.5. The van der Waals surface area contributed by atoms with Crippen molar-refractivity contribution in [2.24, 2.45) is 0 Å². The van der Waals surface area contributed by atoms with E-state index in [1.165, 1.54) is 11.1 Å². The van der Waals surface area contributed by atoms with E-state index in [1.807, 2.05) is 12.1 Å². The first-order valence-corrected chi connectivity index (χ1v) is 9.27. The van der Waals surface area contributed by atoms with Gasteiger partial charge in [0.05, 0.1) is 5.02 Å². The largest absolute Gasteiger partial charge is 0.205 e. The van der Waals surface area contributed by atoms with Gasteiger partial charge in [-0.2, -0.15) is 0 Å². The minimum Gasteiger partial charge on any atom is -0.205 e. The Kier molecular flexibility index (Phi) is 5.87. The number of hydrogen-bond acceptors (Lipinski definition) is 0. The lowest BCUT2D eigenvalue weighted by atomic mass is 9.77. The summed E-state index contributed by atoms with van der Waals surface area (Å²) in [6.07, 6.45) is 0.584. The molecule has 0 unspecified atom stereocenters. The van der Waals surface area contributed by atoms with Crippen molar-refractivity contribution in [3.63, 3.8) is 0 Å². The molecule has 0 saturated carbocycles. The maximum Gasteiger partial charge on any atom is 0.145 e. The van der Waals surface area contributed by atoms with Crippen LogP contribution < -0.4 is 0 Å². The predicted octanol–water partition coefficient (Wildman–Crippen LogP) is 6.06. The van der Waals surface area contributed by atoms with Crippen LogP contribution in [0.4, 0.5) is 4.39 Å². The van der Waals surface area contributed by atoms with Crippen molar-refractivity contribution in [2.75, 3.05) is 10.7 Å². The molecule has 0 aromatic heterocycles. The van der Waals surface area contributed by atoms with Crippen LogP contribution >= 0.6 is 43.5 Å². The molecule has 0 spiro atoms. The average Bonchev–Trinajstić information content (AvgIpc) is 2.50. The van der Waals surface area contributed by atoms with Gasteiger partial charge in [-0.05, 0) is 36.1 Å². The Morgan fingerprint density at radius 2 is 1.71 bits per heavy atom. The van der Waals surface area contributed by atoms with E-state index in [9.17, 15) is 4.39 Å². The topological polar surface area (TPSA) is 0 Å². The van der Waals surface area contributed by atoms with Crippen LogP contribution in [-0.4, -0.2) is 10.7 Å². The highest BCUT2D eigenvalue weighted by Gasteiger charge is 2.32. The molecule has 0 heterocycles. The van der Waals surface area contributed by atoms with Gasteiger partial charge in [-0.15, -0.1) is 0 Å². The molecular formula is C17H16Br2ClF. The third-order valence-corrected chi connectivity index (χ3v) is 6.23. The van der Waals surface area contributed by atoms with Crippen molar-refractivity contribution in [3.05, 3.63) is 70.0 Å². The van der Waals surface area contributed by atoms with E-state index >= 15 is 0 Å². The maximum absolute atomic E-state index is 14.3. The van der Waals surface area contributed by atoms with E-state index in [-0.39, 0.29) is 16.3 Å². The van der Waals surface area contributed by atoms with Crippen molar-refractivity contribution in [1.82, 2.24) is 0 Å². The van der Waals surface area contributed by atoms with Crippen LogP contribution in [0.25, 0.3) is 0 Å². The summed E-state index contributed by atoms with van der Waals surface area (Å²) in [7, 11) is 0. The molecule has 0 aliphatic heterocycles. The van der Waals surface area contributed by atoms with Crippen LogP contribution in [0.1, 0.15) is 16.7 Å². The minimum absolute atomic E-state index is 0.176. The molecule has 0 bridgehead atoms. The van der Waals surface area contributed by atoms with Crippen LogP contribution in [0.2, 0.25) is 5.02 Å². The Morgan fingerprint density at radius 3 is 2.33 bits per heavy atom. The first-order chi connectivity index (χ1) is 10.0. The average molecular weight is 435 g/mol. The maximum atomic E-state index is 14.3. The molecule has 2 aromatic carbocycles. The summed E-state index contributed by atoms with van der Waals surface area (Å²) in [5.41, 5.74) is 2.86. The van der Waals surface area contributed by atoms with E-state index < -0.39 is 0 Å². The van der Waals surface area contributed by atoms with Crippen molar-refractivity contribution in [3.8, 4) is 0 Å². The highest BCUT2D eigenvalue weighted by atomic mass is 79.9. The Morgan fingerprint density at radius 1 is 1.05 bits per heavy atom. The van der Waals surface area contributed by atoms with Crippen LogP contribution in [0.15, 0.2) is 42.5 Å². The van der Waals surface area contributed by atoms with E-state index in [0.717, 1.165) is 10.7 Å². The second kappa shape index (κ2) is 7.26. The SMILES string of the molecule is Cc1ccccc1C(CBr)(CBr)Cc1cccc(Cl)c1F. The van der Waals surface area contributed by atoms with Crippen molar-refractivity contribution < 1.29 is 4.39 Å². The molecule has 0 radical (unpaired) electrons. The van der Waals surface area contributed by atoms with Crippen LogP contribution in [-0.2, 0) is 11.8 Å². The molecule has 0 amide bonds. The third-order valence-electron chi connectivity index (χ3n) is 3.79. The summed E-state index contributed by atoms with van der Waals surface area (Å²) >= 11 is 13.1. The molecule has 0 atom stereocenters. The predicted molar refractivity (Wildman–Crippen MR) is 95.6 cm³/mol. The molecule has 0 aliphatic carbocycles. The van der Waals surface area contributed by atoms with E-state index in [1.54, 1.807) is 18.2 Å². The van der Waals surface area contributed by atoms with Gasteiger partial charge in [0.15, 0.2) is 0 Å². The van der Waals surface area contributed by atoms with Gasteiger partial charge in [0, 0.05) is 16.1 Å². The van der Waals surface area contributed by atoms with E-state index in [2.05, 4.69) is 50.9 Å². The zero-order valence-corrected chi connectivity index (χ0v) is 15.6. The fourth-order valence-electron chi connectivity index (χ4n) is 2.59. The van der Waals surface area contributed by atoms with Crippen molar-refractivity contribution in [2.45, 2.75) is 18.8 Å². The molecule has 0 fully saturated rings. The lowest BCUT2D eigenvalue weighted by molar-refractivity contribution is 0.520. The first-order valence-electron chi connectivity index (χ1n) is 6.65. The molecule has 0 N–H and O–H groups in total. The van der Waals surface area contributed by atoms with Crippen LogP contribution in [0.5, 0.6) is 0 Å². The molecular weight excluding hydrogens is 418 g/mol. The Balaban J connectivity index is 2.49. The summed E-state index contributed by atoms with van der Waals surface area (Å²) < 4.78 is 14.3. The summed E-state index contributed by atoms with van der Waals surface area (Å²) in [6, 6.07) is 13.4. The Labute approximate surface area is 147 Å². The number of benzene rings is 2. The number of hydrogen-bond donors (Lipinski definition) is 0. The standard InChI is InChI=1S/C17H16Br2ClF/c1-12-5-2-3-7-14(12)17(10-18,11-19)9-13-6-4-8-15(20)16(13)21/h2-8H,9-11H2,1H3. The highest BCUT2D eigenvalue weighted by Crippen LogP contribution is 2.36. The molecule has 2 rings (SSSR count). The van der Waals surface area contributed by atoms with Gasteiger partial charge in [0.2, 0.25) is 0 Å². The molecule has 21 heavy (non-hydrogen) atoms. The van der Waals surface area contributed by atoms with Crippen molar-refractivity contribution in [1.29, 1.82) is 0 Å². The number of aryl methyl sites for hydroxylation is 1. The van der Waals surface area contributed by atoms with Gasteiger partial charge >= 0.3 is 0 Å². The number of halogens is 4. The second-order valence-electron chi connectivity index (χ2n) is 5.25. The fourth-order valence-corrected chi connectivity index (χ4v) is 4.71. The fraction of sp³-hybridized carbons (Fsp3) is 0.294. The van der Waals surface area contributed by atoms with Crippen LogP contribution in [0, 0.1) is 12.7 Å². The summed E-state index contributed by atoms with van der Waals surface area (Å²) in [5, 5.41) is 1.65. The molecule has 0 aliphatic rings. The minimum atomic E-state index is -0.320. The monoisotopic (exact) mass is 432 g/mol. The van der Waals surface area contributed by atoms with E-state index in [4.69, 9.17) is 11.6 Å². The normalized spacial score (nSPS) is 11.7.